The predicted octanol–water partition coefficient (Wildman–Crippen LogP) is 2.13. The molecule has 0 spiro atoms. The van der Waals surface area contributed by atoms with Gasteiger partial charge in [0.15, 0.2) is 0 Å². The van der Waals surface area contributed by atoms with Crippen molar-refractivity contribution in [3.05, 3.63) is 35.9 Å². The van der Waals surface area contributed by atoms with Crippen molar-refractivity contribution < 1.29 is 4.74 Å². The van der Waals surface area contributed by atoms with Gasteiger partial charge in [0, 0.05) is 19.5 Å². The van der Waals surface area contributed by atoms with Crippen molar-refractivity contribution in [1.82, 2.24) is 0 Å². The largest absolute Gasteiger partial charge is 0.385 e. The Morgan fingerprint density at radius 2 is 2.12 bits per heavy atom. The summed E-state index contributed by atoms with van der Waals surface area (Å²) in [7, 11) is 1.69. The molecule has 0 aliphatic heterocycles. The Hall–Kier alpha value is -1.02. The molecule has 1 aromatic carbocycles. The molecule has 92 valence electrons. The van der Waals surface area contributed by atoms with Gasteiger partial charge in [-0.25, -0.2) is 0 Å². The molecule has 0 saturated carbocycles. The first-order valence-corrected chi connectivity index (χ1v) is 6.71. The smallest absolute Gasteiger partial charge is 0.138 e. The minimum absolute atomic E-state index is 0.608. The number of ether oxygens (including phenoxy) is 1. The number of nitrogens with two attached hydrogens (primary N) is 1. The van der Waals surface area contributed by atoms with Crippen LogP contribution in [0.1, 0.15) is 12.0 Å². The molecule has 0 bridgehead atoms. The lowest BCUT2D eigenvalue weighted by Crippen LogP contribution is -2.37. The Kier molecular flexibility index (Phi) is 6.06. The summed E-state index contributed by atoms with van der Waals surface area (Å²) in [5, 5.41) is 9.23. The molecule has 0 saturated heterocycles. The van der Waals surface area contributed by atoms with Gasteiger partial charge in [0.05, 0.1) is 6.07 Å². The van der Waals surface area contributed by atoms with Crippen LogP contribution in [0.3, 0.4) is 0 Å². The number of nitriles is 1. The monoisotopic (exact) mass is 250 g/mol. The molecule has 1 unspecified atom stereocenters. The lowest BCUT2D eigenvalue weighted by Gasteiger charge is -2.21. The molecule has 0 amide bonds. The standard InChI is InChI=1S/C13H18N2OS/c1-16-8-5-9-17-11-13(15,10-14)12-6-3-2-4-7-12/h2-4,6-7H,5,8-9,11,15H2,1H3. The lowest BCUT2D eigenvalue weighted by atomic mass is 9.95. The summed E-state index contributed by atoms with van der Waals surface area (Å²) >= 11 is 1.69. The molecule has 0 aliphatic rings. The summed E-state index contributed by atoms with van der Waals surface area (Å²) in [4.78, 5) is 0. The molecule has 0 radical (unpaired) electrons. The van der Waals surface area contributed by atoms with E-state index in [1.54, 1.807) is 18.9 Å². The molecule has 0 aromatic heterocycles. The Balaban J connectivity index is 2.50. The highest BCUT2D eigenvalue weighted by Crippen LogP contribution is 2.22. The first-order valence-electron chi connectivity index (χ1n) is 5.55. The quantitative estimate of drug-likeness (QED) is 0.753. The average Bonchev–Trinajstić information content (AvgIpc) is 2.39. The van der Waals surface area contributed by atoms with Gasteiger partial charge in [-0.3, -0.25) is 0 Å². The molecule has 1 rings (SSSR count). The second-order valence-electron chi connectivity index (χ2n) is 3.85. The van der Waals surface area contributed by atoms with Crippen LogP contribution in [-0.2, 0) is 10.3 Å². The van der Waals surface area contributed by atoms with Gasteiger partial charge in [-0.1, -0.05) is 30.3 Å². The Bertz CT molecular complexity index is 363. The zero-order chi connectivity index (χ0) is 12.6. The van der Waals surface area contributed by atoms with E-state index in [4.69, 9.17) is 10.5 Å². The van der Waals surface area contributed by atoms with Crippen LogP contribution in [-0.4, -0.2) is 25.2 Å². The Morgan fingerprint density at radius 1 is 1.41 bits per heavy atom. The minimum atomic E-state index is -0.890. The van der Waals surface area contributed by atoms with Crippen molar-refractivity contribution in [2.24, 2.45) is 5.73 Å². The summed E-state index contributed by atoms with van der Waals surface area (Å²) in [5.41, 5.74) is 6.11. The summed E-state index contributed by atoms with van der Waals surface area (Å²) in [6.07, 6.45) is 0.984. The minimum Gasteiger partial charge on any atom is -0.385 e. The van der Waals surface area contributed by atoms with E-state index in [-0.39, 0.29) is 0 Å². The van der Waals surface area contributed by atoms with Crippen molar-refractivity contribution in [1.29, 1.82) is 5.26 Å². The van der Waals surface area contributed by atoms with E-state index in [2.05, 4.69) is 6.07 Å². The predicted molar refractivity (Wildman–Crippen MR) is 71.7 cm³/mol. The summed E-state index contributed by atoms with van der Waals surface area (Å²) in [5.74, 6) is 1.57. The lowest BCUT2D eigenvalue weighted by molar-refractivity contribution is 0.200. The second kappa shape index (κ2) is 7.33. The maximum atomic E-state index is 9.23. The molecule has 17 heavy (non-hydrogen) atoms. The van der Waals surface area contributed by atoms with Gasteiger partial charge in [-0.2, -0.15) is 17.0 Å². The first-order chi connectivity index (χ1) is 8.23. The average molecular weight is 250 g/mol. The van der Waals surface area contributed by atoms with E-state index in [1.165, 1.54) is 0 Å². The van der Waals surface area contributed by atoms with Gasteiger partial charge in [0.25, 0.3) is 0 Å². The molecule has 2 N–H and O–H groups in total. The molecular weight excluding hydrogens is 232 g/mol. The van der Waals surface area contributed by atoms with Crippen molar-refractivity contribution in [3.63, 3.8) is 0 Å². The van der Waals surface area contributed by atoms with E-state index in [9.17, 15) is 5.26 Å². The molecule has 3 nitrogen and oxygen atoms in total. The molecule has 0 aliphatic carbocycles. The molecule has 0 fully saturated rings. The SMILES string of the molecule is COCCCSCC(N)(C#N)c1ccccc1. The molecule has 0 heterocycles. The van der Waals surface area contributed by atoms with Crippen LogP contribution in [0.25, 0.3) is 0 Å². The van der Waals surface area contributed by atoms with Crippen molar-refractivity contribution in [3.8, 4) is 6.07 Å². The van der Waals surface area contributed by atoms with Gasteiger partial charge >= 0.3 is 0 Å². The van der Waals surface area contributed by atoms with Crippen LogP contribution < -0.4 is 5.73 Å². The number of benzene rings is 1. The summed E-state index contributed by atoms with van der Waals surface area (Å²) in [6, 6.07) is 11.8. The number of hydrogen-bond acceptors (Lipinski definition) is 4. The fourth-order valence-corrected chi connectivity index (χ4v) is 2.47. The Labute approximate surface area is 107 Å². The topological polar surface area (TPSA) is 59.0 Å². The summed E-state index contributed by atoms with van der Waals surface area (Å²) in [6.45, 7) is 0.752. The van der Waals surface area contributed by atoms with Gasteiger partial charge in [-0.05, 0) is 17.7 Å². The number of rotatable bonds is 7. The molecular formula is C13H18N2OS. The van der Waals surface area contributed by atoms with Gasteiger partial charge in [-0.15, -0.1) is 0 Å². The number of nitrogens with zero attached hydrogens (tertiary/aromatic N) is 1. The normalized spacial score (nSPS) is 13.9. The number of hydrogen-bond donors (Lipinski definition) is 1. The van der Waals surface area contributed by atoms with E-state index >= 15 is 0 Å². The molecule has 1 aromatic rings. The maximum Gasteiger partial charge on any atom is 0.138 e. The van der Waals surface area contributed by atoms with Crippen molar-refractivity contribution in [2.45, 2.75) is 12.0 Å². The first kappa shape index (κ1) is 14.0. The molecule has 1 atom stereocenters. The fourth-order valence-electron chi connectivity index (χ4n) is 1.45. The van der Waals surface area contributed by atoms with E-state index in [1.807, 2.05) is 30.3 Å². The highest BCUT2D eigenvalue weighted by atomic mass is 32.2. The second-order valence-corrected chi connectivity index (χ2v) is 4.95. The van der Waals surface area contributed by atoms with Crippen molar-refractivity contribution >= 4 is 11.8 Å². The zero-order valence-corrected chi connectivity index (χ0v) is 10.9. The van der Waals surface area contributed by atoms with E-state index in [0.29, 0.717) is 5.75 Å². The number of methoxy groups -OCH3 is 1. The highest BCUT2D eigenvalue weighted by molar-refractivity contribution is 7.99. The van der Waals surface area contributed by atoms with Crippen molar-refractivity contribution in [2.75, 3.05) is 25.2 Å². The maximum absolute atomic E-state index is 9.23. The van der Waals surface area contributed by atoms with Gasteiger partial charge < -0.3 is 10.5 Å². The van der Waals surface area contributed by atoms with E-state index < -0.39 is 5.54 Å². The van der Waals surface area contributed by atoms with Crippen LogP contribution in [0, 0.1) is 11.3 Å². The van der Waals surface area contributed by atoms with Crippen LogP contribution in [0.15, 0.2) is 30.3 Å². The highest BCUT2D eigenvalue weighted by Gasteiger charge is 2.26. The third-order valence-electron chi connectivity index (χ3n) is 2.46. The third kappa shape index (κ3) is 4.39. The fraction of sp³-hybridized carbons (Fsp3) is 0.462. The van der Waals surface area contributed by atoms with Crippen LogP contribution in [0.2, 0.25) is 0 Å². The van der Waals surface area contributed by atoms with Crippen LogP contribution in [0.5, 0.6) is 0 Å². The van der Waals surface area contributed by atoms with E-state index in [0.717, 1.165) is 24.3 Å². The van der Waals surface area contributed by atoms with Gasteiger partial charge in [0.2, 0.25) is 0 Å². The third-order valence-corrected chi connectivity index (χ3v) is 3.69. The van der Waals surface area contributed by atoms with Crippen LogP contribution in [0.4, 0.5) is 0 Å². The zero-order valence-electron chi connectivity index (χ0n) is 10.1. The summed E-state index contributed by atoms with van der Waals surface area (Å²) < 4.78 is 4.98. The molecule has 4 heteroatoms. The van der Waals surface area contributed by atoms with Gasteiger partial charge in [0.1, 0.15) is 5.54 Å². The number of thioether (sulfide) groups is 1. The van der Waals surface area contributed by atoms with Crippen LogP contribution >= 0.6 is 11.8 Å². The Morgan fingerprint density at radius 3 is 2.71 bits per heavy atom.